The molecule has 1 aliphatic rings. The molecule has 62 heavy (non-hydrogen) atoms. The molecular formula is C58H38N4. The molecule has 3 heterocycles. The number of para-hydroxylation sites is 2. The van der Waals surface area contributed by atoms with Gasteiger partial charge in [-0.25, -0.2) is 4.99 Å². The number of nitrogens with one attached hydrogen (secondary N) is 1. The second-order valence-electron chi connectivity index (χ2n) is 16.5. The van der Waals surface area contributed by atoms with E-state index in [0.717, 1.165) is 45.1 Å². The third-order valence-corrected chi connectivity index (χ3v) is 12.9. The van der Waals surface area contributed by atoms with Gasteiger partial charge in [-0.1, -0.05) is 164 Å². The average molecular weight is 791 g/mol. The van der Waals surface area contributed by atoms with Gasteiger partial charge in [0, 0.05) is 32.8 Å². The van der Waals surface area contributed by atoms with E-state index in [1.807, 2.05) is 0 Å². The molecule has 0 saturated carbocycles. The van der Waals surface area contributed by atoms with Crippen LogP contribution in [0.25, 0.3) is 93.1 Å². The monoisotopic (exact) mass is 790 g/mol. The van der Waals surface area contributed by atoms with Crippen molar-refractivity contribution in [3.8, 4) is 27.9 Å². The summed E-state index contributed by atoms with van der Waals surface area (Å²) in [7, 11) is 0. The standard InChI is InChI=1S/C58H38N4/c1-2-12-37(13-3-1)39-24-28-46(29-25-39)61-53-21-11-9-18-47(53)48-30-26-43(35-54(48)61)44-27-31-49-51-33-41-16-6-7-17-42(41)34-56(51)62(55(49)36-44)58-59-52-20-10-8-19-50(52)57(60-58)45-23-22-38-14-4-5-15-40(38)32-45/h1-36,57H,(H,59,60). The second kappa shape index (κ2) is 13.7. The minimum absolute atomic E-state index is 0.0921. The molecule has 12 aromatic rings. The van der Waals surface area contributed by atoms with Gasteiger partial charge in [-0.05, 0) is 104 Å². The Bertz CT molecular complexity index is 3780. The van der Waals surface area contributed by atoms with Gasteiger partial charge in [-0.3, -0.25) is 4.57 Å². The second-order valence-corrected chi connectivity index (χ2v) is 16.5. The van der Waals surface area contributed by atoms with Crippen LogP contribution in [0.5, 0.6) is 0 Å². The van der Waals surface area contributed by atoms with Crippen LogP contribution in [0.1, 0.15) is 17.2 Å². The third kappa shape index (κ3) is 5.43. The predicted octanol–water partition coefficient (Wildman–Crippen LogP) is 14.8. The number of nitrogens with zero attached hydrogens (tertiary/aromatic N) is 3. The first-order chi connectivity index (χ1) is 30.7. The van der Waals surface area contributed by atoms with Crippen molar-refractivity contribution in [2.24, 2.45) is 4.99 Å². The number of aliphatic imine (C=N–C) groups is 1. The predicted molar refractivity (Wildman–Crippen MR) is 260 cm³/mol. The first-order valence-corrected chi connectivity index (χ1v) is 21.3. The highest BCUT2D eigenvalue weighted by molar-refractivity contribution is 6.18. The maximum absolute atomic E-state index is 5.41. The van der Waals surface area contributed by atoms with Crippen molar-refractivity contribution in [3.63, 3.8) is 0 Å². The molecule has 0 radical (unpaired) electrons. The van der Waals surface area contributed by atoms with Crippen molar-refractivity contribution < 1.29 is 0 Å². The lowest BCUT2D eigenvalue weighted by molar-refractivity contribution is 0.732. The molecule has 1 unspecified atom stereocenters. The van der Waals surface area contributed by atoms with Gasteiger partial charge in [0.15, 0.2) is 0 Å². The Labute approximate surface area is 358 Å². The zero-order chi connectivity index (χ0) is 40.7. The van der Waals surface area contributed by atoms with Crippen LogP contribution in [0.3, 0.4) is 0 Å². The molecule has 1 N–H and O–H groups in total. The number of benzene rings is 10. The number of hydrogen-bond donors (Lipinski definition) is 1. The van der Waals surface area contributed by atoms with E-state index in [9.17, 15) is 0 Å². The Morgan fingerprint density at radius 1 is 0.355 bits per heavy atom. The third-order valence-electron chi connectivity index (χ3n) is 12.9. The quantitative estimate of drug-likeness (QED) is 0.189. The molecular weight excluding hydrogens is 753 g/mol. The maximum atomic E-state index is 5.41. The van der Waals surface area contributed by atoms with Gasteiger partial charge in [-0.2, -0.15) is 0 Å². The minimum atomic E-state index is -0.0921. The first-order valence-electron chi connectivity index (χ1n) is 21.3. The Balaban J connectivity index is 1.00. The Kier molecular flexibility index (Phi) is 7.63. The van der Waals surface area contributed by atoms with Crippen LogP contribution < -0.4 is 5.32 Å². The summed E-state index contributed by atoms with van der Waals surface area (Å²) in [4.78, 5) is 5.41. The molecule has 0 fully saturated rings. The lowest BCUT2D eigenvalue weighted by atomic mass is 9.94. The van der Waals surface area contributed by atoms with Crippen LogP contribution in [0.2, 0.25) is 0 Å². The molecule has 4 heteroatoms. The first kappa shape index (κ1) is 34.6. The van der Waals surface area contributed by atoms with E-state index < -0.39 is 0 Å². The number of aromatic nitrogens is 2. The van der Waals surface area contributed by atoms with E-state index >= 15 is 0 Å². The summed E-state index contributed by atoms with van der Waals surface area (Å²) >= 11 is 0. The molecule has 0 spiro atoms. The van der Waals surface area contributed by atoms with Crippen molar-refractivity contribution in [1.29, 1.82) is 0 Å². The largest absolute Gasteiger partial charge is 0.344 e. The van der Waals surface area contributed by atoms with Gasteiger partial charge in [0.25, 0.3) is 0 Å². The molecule has 0 bridgehead atoms. The summed E-state index contributed by atoms with van der Waals surface area (Å²) in [6.45, 7) is 0. The molecule has 1 aliphatic heterocycles. The van der Waals surface area contributed by atoms with Gasteiger partial charge < -0.3 is 9.88 Å². The summed E-state index contributed by atoms with van der Waals surface area (Å²) in [5.74, 6) is 0.809. The summed E-state index contributed by atoms with van der Waals surface area (Å²) in [6.07, 6.45) is 0. The fourth-order valence-electron chi connectivity index (χ4n) is 9.92. The van der Waals surface area contributed by atoms with E-state index in [4.69, 9.17) is 4.99 Å². The van der Waals surface area contributed by atoms with Crippen LogP contribution >= 0.6 is 0 Å². The Hall–Kier alpha value is -8.21. The van der Waals surface area contributed by atoms with Crippen molar-refractivity contribution in [2.45, 2.75) is 6.04 Å². The Morgan fingerprint density at radius 2 is 0.919 bits per heavy atom. The summed E-state index contributed by atoms with van der Waals surface area (Å²) in [6, 6.07) is 79.3. The highest BCUT2D eigenvalue weighted by Gasteiger charge is 2.27. The topological polar surface area (TPSA) is 34.2 Å². The van der Waals surface area contributed by atoms with Gasteiger partial charge in [0.2, 0.25) is 5.96 Å². The summed E-state index contributed by atoms with van der Waals surface area (Å²) < 4.78 is 4.77. The zero-order valence-electron chi connectivity index (χ0n) is 33.7. The number of fused-ring (bicyclic) bond motifs is 9. The normalized spacial score (nSPS) is 13.9. The highest BCUT2D eigenvalue weighted by atomic mass is 15.2. The van der Waals surface area contributed by atoms with Gasteiger partial charge in [-0.15, -0.1) is 0 Å². The maximum Gasteiger partial charge on any atom is 0.209 e. The molecule has 10 aromatic carbocycles. The van der Waals surface area contributed by atoms with Gasteiger partial charge >= 0.3 is 0 Å². The van der Waals surface area contributed by atoms with E-state index in [1.54, 1.807) is 0 Å². The van der Waals surface area contributed by atoms with Crippen LogP contribution in [0.15, 0.2) is 223 Å². The Morgan fingerprint density at radius 3 is 1.71 bits per heavy atom. The summed E-state index contributed by atoms with van der Waals surface area (Å²) in [5.41, 5.74) is 13.8. The molecule has 0 amide bonds. The van der Waals surface area contributed by atoms with Crippen LogP contribution in [0, 0.1) is 0 Å². The molecule has 290 valence electrons. The van der Waals surface area contributed by atoms with Crippen LogP contribution in [0.4, 0.5) is 5.69 Å². The molecule has 0 aliphatic carbocycles. The van der Waals surface area contributed by atoms with Crippen LogP contribution in [-0.2, 0) is 0 Å². The zero-order valence-corrected chi connectivity index (χ0v) is 33.7. The van der Waals surface area contributed by atoms with E-state index in [-0.39, 0.29) is 6.04 Å². The molecule has 4 nitrogen and oxygen atoms in total. The molecule has 0 saturated heterocycles. The molecule has 13 rings (SSSR count). The SMILES string of the molecule is c1ccc(-c2ccc(-n3c4ccccc4c4ccc(-c5ccc6c7cc8ccccc8cc7n(C7=Nc8ccccc8C(c8ccc9ccccc9c8)N7)c6c5)cc43)cc2)cc1. The number of rotatable bonds is 4. The molecule has 1 atom stereocenters. The smallest absolute Gasteiger partial charge is 0.209 e. The van der Waals surface area contributed by atoms with Gasteiger partial charge in [0.05, 0.1) is 33.8 Å². The van der Waals surface area contributed by atoms with Crippen molar-refractivity contribution in [3.05, 3.63) is 230 Å². The van der Waals surface area contributed by atoms with Crippen molar-refractivity contribution in [1.82, 2.24) is 14.5 Å². The molecule has 2 aromatic heterocycles. The van der Waals surface area contributed by atoms with E-state index in [0.29, 0.717) is 0 Å². The lowest BCUT2D eigenvalue weighted by Crippen LogP contribution is -2.36. The fraction of sp³-hybridized carbons (Fsp3) is 0.0172. The summed E-state index contributed by atoms with van der Waals surface area (Å²) in [5, 5.41) is 13.7. The van der Waals surface area contributed by atoms with Crippen molar-refractivity contribution >= 4 is 76.8 Å². The fourth-order valence-corrected chi connectivity index (χ4v) is 9.92. The van der Waals surface area contributed by atoms with Gasteiger partial charge in [0.1, 0.15) is 0 Å². The lowest BCUT2D eigenvalue weighted by Gasteiger charge is -2.28. The highest BCUT2D eigenvalue weighted by Crippen LogP contribution is 2.41. The van der Waals surface area contributed by atoms with E-state index in [2.05, 4.69) is 233 Å². The number of hydrogen-bond acceptors (Lipinski definition) is 2. The minimum Gasteiger partial charge on any atom is -0.344 e. The van der Waals surface area contributed by atoms with E-state index in [1.165, 1.54) is 70.8 Å². The van der Waals surface area contributed by atoms with Crippen molar-refractivity contribution in [2.75, 3.05) is 0 Å². The van der Waals surface area contributed by atoms with Crippen LogP contribution in [-0.4, -0.2) is 15.1 Å². The average Bonchev–Trinajstić information content (AvgIpc) is 3.84.